The van der Waals surface area contributed by atoms with Crippen molar-refractivity contribution in [1.29, 1.82) is 0 Å². The van der Waals surface area contributed by atoms with Crippen molar-refractivity contribution in [2.75, 3.05) is 12.0 Å². The molecule has 10 heteroatoms. The van der Waals surface area contributed by atoms with Crippen LogP contribution in [0.2, 0.25) is 0 Å². The van der Waals surface area contributed by atoms with Crippen molar-refractivity contribution < 1.29 is 24.6 Å². The number of aliphatic hydroxyl groups is 2. The van der Waals surface area contributed by atoms with Crippen LogP contribution in [0.3, 0.4) is 0 Å². The highest BCUT2D eigenvalue weighted by atomic mass is 32.2. The first-order valence-corrected chi connectivity index (χ1v) is 15.3. The Labute approximate surface area is 241 Å². The second-order valence-corrected chi connectivity index (χ2v) is 11.0. The Morgan fingerprint density at radius 2 is 1.62 bits per heavy atom. The molecule has 0 saturated carbocycles. The molecule has 0 aliphatic heterocycles. The van der Waals surface area contributed by atoms with Crippen molar-refractivity contribution >= 4 is 29.5 Å². The third kappa shape index (κ3) is 11.7. The van der Waals surface area contributed by atoms with Crippen molar-refractivity contribution in [2.45, 2.75) is 89.1 Å². The standard InChI is InChI=1S/C30H44N4O5S/c1-4-5-6-10-15-25(33-29(38)23-14-11-17-31-20-23)30(39)34-26(19-22-12-8-7-9-13-22)28(37)27(36)24(16-18-40-3)32-21(2)35/h7-9,11-14,17,20,24-28,36-37H,4-6,10,15-16,18-19H2,1-3H3,(H,32,35)(H,33,38)(H,34,39)/t24-,25-,26+,27-,28-/m1/s1. The first kappa shape index (κ1) is 33.3. The van der Waals surface area contributed by atoms with Crippen LogP contribution in [0.25, 0.3) is 0 Å². The molecule has 0 unspecified atom stereocenters. The lowest BCUT2D eigenvalue weighted by Gasteiger charge is -2.33. The molecule has 0 bridgehead atoms. The van der Waals surface area contributed by atoms with Gasteiger partial charge < -0.3 is 26.2 Å². The molecular weight excluding hydrogens is 528 g/mol. The van der Waals surface area contributed by atoms with Gasteiger partial charge in [0.2, 0.25) is 11.8 Å². The number of pyridine rings is 1. The van der Waals surface area contributed by atoms with Gasteiger partial charge in [-0.1, -0.05) is 62.9 Å². The lowest BCUT2D eigenvalue weighted by molar-refractivity contribution is -0.127. The van der Waals surface area contributed by atoms with Gasteiger partial charge in [0.25, 0.3) is 5.91 Å². The molecule has 0 aliphatic carbocycles. The van der Waals surface area contributed by atoms with E-state index in [9.17, 15) is 24.6 Å². The zero-order valence-electron chi connectivity index (χ0n) is 23.7. The van der Waals surface area contributed by atoms with E-state index in [1.165, 1.54) is 13.1 Å². The molecule has 40 heavy (non-hydrogen) atoms. The number of rotatable bonds is 18. The number of aromatic nitrogens is 1. The lowest BCUT2D eigenvalue weighted by Crippen LogP contribution is -2.59. The summed E-state index contributed by atoms with van der Waals surface area (Å²) >= 11 is 1.57. The van der Waals surface area contributed by atoms with Crippen LogP contribution in [-0.4, -0.2) is 75.3 Å². The van der Waals surface area contributed by atoms with E-state index in [1.807, 2.05) is 36.6 Å². The average molecular weight is 573 g/mol. The maximum atomic E-state index is 13.6. The zero-order chi connectivity index (χ0) is 29.3. The van der Waals surface area contributed by atoms with Gasteiger partial charge in [-0.3, -0.25) is 19.4 Å². The van der Waals surface area contributed by atoms with Crippen LogP contribution in [0.4, 0.5) is 0 Å². The van der Waals surface area contributed by atoms with Crippen molar-refractivity contribution in [3.63, 3.8) is 0 Å². The fraction of sp³-hybridized carbons (Fsp3) is 0.533. The monoisotopic (exact) mass is 572 g/mol. The van der Waals surface area contributed by atoms with Crippen LogP contribution in [0, 0.1) is 0 Å². The van der Waals surface area contributed by atoms with Crippen LogP contribution in [-0.2, 0) is 16.0 Å². The molecule has 0 fully saturated rings. The normalized spacial score (nSPS) is 14.8. The zero-order valence-corrected chi connectivity index (χ0v) is 24.5. The second kappa shape index (κ2) is 18.4. The molecular formula is C30H44N4O5S. The molecule has 0 saturated heterocycles. The Hall–Kier alpha value is -2.95. The number of carbonyl (C=O) groups is 3. The second-order valence-electron chi connectivity index (χ2n) is 9.99. The number of aliphatic hydroxyl groups excluding tert-OH is 2. The van der Waals surface area contributed by atoms with Crippen molar-refractivity contribution in [3.05, 3.63) is 66.0 Å². The highest BCUT2D eigenvalue weighted by Gasteiger charge is 2.35. The van der Waals surface area contributed by atoms with Crippen LogP contribution >= 0.6 is 11.8 Å². The molecule has 2 aromatic rings. The van der Waals surface area contributed by atoms with Gasteiger partial charge in [-0.15, -0.1) is 0 Å². The molecule has 5 atom stereocenters. The Morgan fingerprint density at radius 1 is 0.900 bits per heavy atom. The number of carbonyl (C=O) groups excluding carboxylic acids is 3. The Bertz CT molecular complexity index is 1030. The van der Waals surface area contributed by atoms with Gasteiger partial charge in [-0.2, -0.15) is 11.8 Å². The predicted octanol–water partition coefficient (Wildman–Crippen LogP) is 2.86. The topological polar surface area (TPSA) is 141 Å². The molecule has 0 radical (unpaired) electrons. The molecule has 3 amide bonds. The molecule has 2 rings (SSSR count). The van der Waals surface area contributed by atoms with E-state index in [4.69, 9.17) is 0 Å². The maximum absolute atomic E-state index is 13.6. The maximum Gasteiger partial charge on any atom is 0.253 e. The summed E-state index contributed by atoms with van der Waals surface area (Å²) in [6.07, 6.45) is 7.08. The highest BCUT2D eigenvalue weighted by molar-refractivity contribution is 7.98. The van der Waals surface area contributed by atoms with Gasteiger partial charge in [0.05, 0.1) is 17.6 Å². The fourth-order valence-electron chi connectivity index (χ4n) is 4.50. The molecule has 1 aromatic carbocycles. The number of unbranched alkanes of at least 4 members (excludes halogenated alkanes) is 3. The van der Waals surface area contributed by atoms with E-state index >= 15 is 0 Å². The smallest absolute Gasteiger partial charge is 0.253 e. The molecule has 1 aromatic heterocycles. The summed E-state index contributed by atoms with van der Waals surface area (Å²) in [5.41, 5.74) is 1.20. The summed E-state index contributed by atoms with van der Waals surface area (Å²) in [5.74, 6) is -0.496. The molecule has 1 heterocycles. The molecule has 220 valence electrons. The summed E-state index contributed by atoms with van der Waals surface area (Å²) in [6, 6.07) is 10.2. The summed E-state index contributed by atoms with van der Waals surface area (Å²) < 4.78 is 0. The van der Waals surface area contributed by atoms with E-state index < -0.39 is 42.1 Å². The molecule has 5 N–H and O–H groups in total. The van der Waals surface area contributed by atoms with Gasteiger partial charge in [0, 0.05) is 19.3 Å². The highest BCUT2D eigenvalue weighted by Crippen LogP contribution is 2.16. The van der Waals surface area contributed by atoms with Crippen LogP contribution in [0.1, 0.15) is 68.3 Å². The van der Waals surface area contributed by atoms with Crippen LogP contribution in [0.5, 0.6) is 0 Å². The lowest BCUT2D eigenvalue weighted by atomic mass is 9.92. The van der Waals surface area contributed by atoms with Gasteiger partial charge in [0.1, 0.15) is 18.2 Å². The summed E-state index contributed by atoms with van der Waals surface area (Å²) in [7, 11) is 0. The molecule has 0 aliphatic rings. The molecule has 9 nitrogen and oxygen atoms in total. The predicted molar refractivity (Wildman–Crippen MR) is 159 cm³/mol. The Morgan fingerprint density at radius 3 is 2.25 bits per heavy atom. The summed E-state index contributed by atoms with van der Waals surface area (Å²) in [5, 5.41) is 31.0. The minimum atomic E-state index is -1.38. The van der Waals surface area contributed by atoms with Gasteiger partial charge >= 0.3 is 0 Å². The van der Waals surface area contributed by atoms with E-state index in [-0.39, 0.29) is 12.3 Å². The Kier molecular flexibility index (Phi) is 15.3. The summed E-state index contributed by atoms with van der Waals surface area (Å²) in [4.78, 5) is 42.3. The largest absolute Gasteiger partial charge is 0.388 e. The van der Waals surface area contributed by atoms with E-state index in [1.54, 1.807) is 30.1 Å². The number of thioether (sulfide) groups is 1. The van der Waals surface area contributed by atoms with Crippen molar-refractivity contribution in [1.82, 2.24) is 20.9 Å². The summed E-state index contributed by atoms with van der Waals surface area (Å²) in [6.45, 7) is 3.46. The fourth-order valence-corrected chi connectivity index (χ4v) is 4.99. The van der Waals surface area contributed by atoms with Gasteiger partial charge in [-0.05, 0) is 49.0 Å². The first-order chi connectivity index (χ1) is 19.3. The van der Waals surface area contributed by atoms with E-state index in [0.717, 1.165) is 31.2 Å². The van der Waals surface area contributed by atoms with Crippen LogP contribution < -0.4 is 16.0 Å². The SMILES string of the molecule is CCCCCC[C@@H](NC(=O)c1cccnc1)C(=O)N[C@@H](Cc1ccccc1)[C@@H](O)[C@H](O)[C@@H](CCSC)NC(C)=O. The number of amides is 3. The van der Waals surface area contributed by atoms with Crippen molar-refractivity contribution in [2.24, 2.45) is 0 Å². The number of nitrogens with zero attached hydrogens (tertiary/aromatic N) is 1. The number of hydrogen-bond acceptors (Lipinski definition) is 7. The van der Waals surface area contributed by atoms with Crippen LogP contribution in [0.15, 0.2) is 54.9 Å². The van der Waals surface area contributed by atoms with E-state index in [0.29, 0.717) is 24.2 Å². The van der Waals surface area contributed by atoms with Gasteiger partial charge in [-0.25, -0.2) is 0 Å². The minimum absolute atomic E-state index is 0.249. The third-order valence-electron chi connectivity index (χ3n) is 6.71. The number of nitrogens with one attached hydrogen (secondary N) is 3. The Balaban J connectivity index is 2.27. The minimum Gasteiger partial charge on any atom is -0.388 e. The average Bonchev–Trinajstić information content (AvgIpc) is 2.96. The van der Waals surface area contributed by atoms with E-state index in [2.05, 4.69) is 27.9 Å². The van der Waals surface area contributed by atoms with Crippen molar-refractivity contribution in [3.8, 4) is 0 Å². The third-order valence-corrected chi connectivity index (χ3v) is 7.36. The number of hydrogen-bond donors (Lipinski definition) is 5. The quantitative estimate of drug-likeness (QED) is 0.173. The number of benzene rings is 1. The van der Waals surface area contributed by atoms with Gasteiger partial charge in [0.15, 0.2) is 0 Å². The molecule has 0 spiro atoms. The first-order valence-electron chi connectivity index (χ1n) is 13.9.